The van der Waals surface area contributed by atoms with Crippen molar-refractivity contribution in [3.8, 4) is 0 Å². The molecule has 5 nitrogen and oxygen atoms in total. The van der Waals surface area contributed by atoms with Gasteiger partial charge in [0.1, 0.15) is 0 Å². The van der Waals surface area contributed by atoms with Gasteiger partial charge in [0.2, 0.25) is 0 Å². The predicted octanol–water partition coefficient (Wildman–Crippen LogP) is 3.08. The fourth-order valence-electron chi connectivity index (χ4n) is 2.21. The second-order valence-electron chi connectivity index (χ2n) is 5.01. The van der Waals surface area contributed by atoms with Crippen LogP contribution < -0.4 is 10.6 Å². The quantitative estimate of drug-likeness (QED) is 0.647. The van der Waals surface area contributed by atoms with Gasteiger partial charge in [0, 0.05) is 29.0 Å². The van der Waals surface area contributed by atoms with Gasteiger partial charge in [-0.15, -0.1) is 0 Å². The van der Waals surface area contributed by atoms with Crippen LogP contribution in [-0.2, 0) is 16.1 Å². The number of anilines is 1. The minimum Gasteiger partial charge on any atom is -0.361 e. The molecule has 0 aliphatic heterocycles. The zero-order valence-electron chi connectivity index (χ0n) is 12.1. The molecule has 0 aliphatic carbocycles. The van der Waals surface area contributed by atoms with E-state index in [0.29, 0.717) is 10.7 Å². The fourth-order valence-corrected chi connectivity index (χ4v) is 2.41. The summed E-state index contributed by atoms with van der Waals surface area (Å²) in [7, 11) is 0. The molecule has 6 heteroatoms. The molecule has 2 amide bonds. The van der Waals surface area contributed by atoms with Crippen molar-refractivity contribution in [2.45, 2.75) is 6.54 Å². The maximum absolute atomic E-state index is 11.9. The van der Waals surface area contributed by atoms with Gasteiger partial charge in [0.15, 0.2) is 0 Å². The van der Waals surface area contributed by atoms with Crippen molar-refractivity contribution in [2.75, 3.05) is 5.32 Å². The molecule has 3 rings (SSSR count). The third-order valence-electron chi connectivity index (χ3n) is 3.42. The first kappa shape index (κ1) is 15.1. The maximum atomic E-state index is 11.9. The number of hydrogen-bond acceptors (Lipinski definition) is 2. The summed E-state index contributed by atoms with van der Waals surface area (Å²) in [5.74, 6) is -1.43. The Balaban J connectivity index is 1.61. The Morgan fingerprint density at radius 1 is 1.04 bits per heavy atom. The Morgan fingerprint density at radius 3 is 2.70 bits per heavy atom. The van der Waals surface area contributed by atoms with Gasteiger partial charge in [-0.1, -0.05) is 35.9 Å². The number of nitrogens with one attached hydrogen (secondary N) is 3. The van der Waals surface area contributed by atoms with Gasteiger partial charge in [-0.05, 0) is 35.2 Å². The van der Waals surface area contributed by atoms with Crippen LogP contribution in [0.3, 0.4) is 0 Å². The van der Waals surface area contributed by atoms with Gasteiger partial charge in [-0.25, -0.2) is 0 Å². The lowest BCUT2D eigenvalue weighted by Crippen LogP contribution is -2.35. The van der Waals surface area contributed by atoms with Crippen molar-refractivity contribution in [2.24, 2.45) is 0 Å². The molecular weight excluding hydrogens is 314 g/mol. The van der Waals surface area contributed by atoms with Gasteiger partial charge in [-0.3, -0.25) is 9.59 Å². The number of fused-ring (bicyclic) bond motifs is 1. The van der Waals surface area contributed by atoms with Crippen molar-refractivity contribution in [3.05, 3.63) is 65.3 Å². The third-order valence-corrected chi connectivity index (χ3v) is 3.79. The summed E-state index contributed by atoms with van der Waals surface area (Å²) < 4.78 is 0. The van der Waals surface area contributed by atoms with Crippen LogP contribution in [0.4, 0.5) is 5.69 Å². The van der Waals surface area contributed by atoms with Crippen molar-refractivity contribution >= 4 is 40.0 Å². The standard InChI is InChI=1S/C17H14ClN3O2/c18-14-4-2-1-3-12(14)10-20-16(22)17(23)21-13-6-5-11-7-8-19-15(11)9-13/h1-9,19H,10H2,(H,20,22)(H,21,23). The molecule has 3 N–H and O–H groups in total. The SMILES string of the molecule is O=C(NCc1ccccc1Cl)C(=O)Nc1ccc2cc[nH]c2c1. The molecule has 23 heavy (non-hydrogen) atoms. The summed E-state index contributed by atoms with van der Waals surface area (Å²) >= 11 is 6.01. The summed E-state index contributed by atoms with van der Waals surface area (Å²) in [6.07, 6.45) is 1.81. The number of benzene rings is 2. The molecule has 2 aromatic carbocycles. The molecule has 1 heterocycles. The molecule has 0 unspecified atom stereocenters. The van der Waals surface area contributed by atoms with Gasteiger partial charge >= 0.3 is 11.8 Å². The molecule has 0 atom stereocenters. The van der Waals surface area contributed by atoms with Crippen molar-refractivity contribution in [1.82, 2.24) is 10.3 Å². The molecule has 116 valence electrons. The van der Waals surface area contributed by atoms with E-state index in [0.717, 1.165) is 16.5 Å². The summed E-state index contributed by atoms with van der Waals surface area (Å²) in [5, 5.41) is 6.70. The number of carbonyl (C=O) groups excluding carboxylic acids is 2. The lowest BCUT2D eigenvalue weighted by Gasteiger charge is -2.08. The van der Waals surface area contributed by atoms with Crippen LogP contribution in [0.1, 0.15) is 5.56 Å². The minimum absolute atomic E-state index is 0.196. The highest BCUT2D eigenvalue weighted by molar-refractivity contribution is 6.39. The molecule has 0 saturated heterocycles. The van der Waals surface area contributed by atoms with E-state index in [2.05, 4.69) is 15.6 Å². The largest absolute Gasteiger partial charge is 0.361 e. The van der Waals surface area contributed by atoms with Crippen molar-refractivity contribution in [3.63, 3.8) is 0 Å². The molecule has 0 radical (unpaired) electrons. The van der Waals surface area contributed by atoms with Crippen LogP contribution in [0, 0.1) is 0 Å². The van der Waals surface area contributed by atoms with E-state index in [1.165, 1.54) is 0 Å². The monoisotopic (exact) mass is 327 g/mol. The summed E-state index contributed by atoms with van der Waals surface area (Å²) in [6, 6.07) is 14.5. The zero-order chi connectivity index (χ0) is 16.2. The Hall–Kier alpha value is -2.79. The highest BCUT2D eigenvalue weighted by Crippen LogP contribution is 2.17. The minimum atomic E-state index is -0.719. The number of aromatic amines is 1. The molecule has 0 bridgehead atoms. The number of amides is 2. The van der Waals surface area contributed by atoms with Crippen LogP contribution in [-0.4, -0.2) is 16.8 Å². The Labute approximate surface area is 137 Å². The predicted molar refractivity (Wildman–Crippen MR) is 90.2 cm³/mol. The Kier molecular flexibility index (Phi) is 4.30. The highest BCUT2D eigenvalue weighted by atomic mass is 35.5. The number of hydrogen-bond donors (Lipinski definition) is 3. The molecule has 0 spiro atoms. The number of halogens is 1. The van der Waals surface area contributed by atoms with Gasteiger partial charge in [0.05, 0.1) is 0 Å². The van der Waals surface area contributed by atoms with Crippen LogP contribution in [0.2, 0.25) is 5.02 Å². The van der Waals surface area contributed by atoms with Crippen LogP contribution in [0.5, 0.6) is 0 Å². The Morgan fingerprint density at radius 2 is 1.87 bits per heavy atom. The van der Waals surface area contributed by atoms with Crippen LogP contribution in [0.25, 0.3) is 10.9 Å². The first-order valence-corrected chi connectivity index (χ1v) is 7.41. The zero-order valence-corrected chi connectivity index (χ0v) is 12.9. The second-order valence-corrected chi connectivity index (χ2v) is 5.42. The van der Waals surface area contributed by atoms with Gasteiger partial charge in [-0.2, -0.15) is 0 Å². The third kappa shape index (κ3) is 3.52. The lowest BCUT2D eigenvalue weighted by atomic mass is 10.2. The lowest BCUT2D eigenvalue weighted by molar-refractivity contribution is -0.136. The summed E-state index contributed by atoms with van der Waals surface area (Å²) in [6.45, 7) is 0.196. The van der Waals surface area contributed by atoms with Crippen molar-refractivity contribution < 1.29 is 9.59 Å². The van der Waals surface area contributed by atoms with E-state index in [1.54, 1.807) is 30.3 Å². The van der Waals surface area contributed by atoms with Crippen LogP contribution in [0.15, 0.2) is 54.7 Å². The number of rotatable bonds is 3. The van der Waals surface area contributed by atoms with Gasteiger partial charge < -0.3 is 15.6 Å². The summed E-state index contributed by atoms with van der Waals surface area (Å²) in [5.41, 5.74) is 2.19. The van der Waals surface area contributed by atoms with E-state index >= 15 is 0 Å². The number of carbonyl (C=O) groups is 2. The molecule has 0 saturated carbocycles. The molecule has 0 aliphatic rings. The highest BCUT2D eigenvalue weighted by Gasteiger charge is 2.14. The number of H-pyrrole nitrogens is 1. The second kappa shape index (κ2) is 6.54. The average molecular weight is 328 g/mol. The smallest absolute Gasteiger partial charge is 0.313 e. The van der Waals surface area contributed by atoms with E-state index < -0.39 is 11.8 Å². The normalized spacial score (nSPS) is 10.5. The van der Waals surface area contributed by atoms with Crippen molar-refractivity contribution in [1.29, 1.82) is 0 Å². The molecule has 1 aromatic heterocycles. The first-order chi connectivity index (χ1) is 11.1. The molecule has 3 aromatic rings. The molecular formula is C17H14ClN3O2. The van der Waals surface area contributed by atoms with E-state index in [9.17, 15) is 9.59 Å². The summed E-state index contributed by atoms with van der Waals surface area (Å²) in [4.78, 5) is 26.8. The average Bonchev–Trinajstić information content (AvgIpc) is 3.01. The Bertz CT molecular complexity index is 873. The molecule has 0 fully saturated rings. The maximum Gasteiger partial charge on any atom is 0.313 e. The topological polar surface area (TPSA) is 74.0 Å². The van der Waals surface area contributed by atoms with Gasteiger partial charge in [0.25, 0.3) is 0 Å². The van der Waals surface area contributed by atoms with Crippen LogP contribution >= 0.6 is 11.6 Å². The van der Waals surface area contributed by atoms with E-state index in [1.807, 2.05) is 24.4 Å². The van der Waals surface area contributed by atoms with E-state index in [4.69, 9.17) is 11.6 Å². The number of aromatic nitrogens is 1. The fraction of sp³-hybridized carbons (Fsp3) is 0.0588. The first-order valence-electron chi connectivity index (χ1n) is 7.03. The van der Waals surface area contributed by atoms with E-state index in [-0.39, 0.29) is 6.54 Å².